The summed E-state index contributed by atoms with van der Waals surface area (Å²) < 4.78 is 69.7. The molecule has 1 aromatic carbocycles. The molecular weight excluding hydrogens is 505 g/mol. The SMILES string of the molecule is O=S(=O)(c1ccc(-c2ccsc2)cc1)N1CCN(c2ncc(-c3noc(C(F)(F)F)n3)cn2)CC1. The minimum Gasteiger partial charge on any atom is -0.338 e. The minimum absolute atomic E-state index is 0.167. The van der Waals surface area contributed by atoms with Crippen LogP contribution in [-0.4, -0.2) is 59.0 Å². The number of sulfonamides is 1. The first-order valence-corrected chi connectivity index (χ1v) is 12.7. The first kappa shape index (κ1) is 23.4. The molecule has 182 valence electrons. The number of aromatic nitrogens is 4. The van der Waals surface area contributed by atoms with Crippen LogP contribution < -0.4 is 4.90 Å². The molecule has 4 aromatic rings. The van der Waals surface area contributed by atoms with E-state index in [1.807, 2.05) is 16.8 Å². The number of hydrogen-bond acceptors (Lipinski definition) is 9. The van der Waals surface area contributed by atoms with E-state index in [1.165, 1.54) is 16.7 Å². The van der Waals surface area contributed by atoms with Crippen LogP contribution in [0, 0.1) is 0 Å². The number of piperazine rings is 1. The van der Waals surface area contributed by atoms with Gasteiger partial charge in [0, 0.05) is 38.6 Å². The van der Waals surface area contributed by atoms with E-state index in [-0.39, 0.29) is 29.4 Å². The van der Waals surface area contributed by atoms with Gasteiger partial charge in [-0.2, -0.15) is 33.8 Å². The zero-order valence-corrected chi connectivity index (χ0v) is 19.5. The Morgan fingerprint density at radius 1 is 0.914 bits per heavy atom. The molecule has 0 N–H and O–H groups in total. The highest BCUT2D eigenvalue weighted by molar-refractivity contribution is 7.89. The molecule has 1 aliphatic rings. The summed E-state index contributed by atoms with van der Waals surface area (Å²) in [5, 5.41) is 7.27. The van der Waals surface area contributed by atoms with Gasteiger partial charge in [0.2, 0.25) is 21.8 Å². The van der Waals surface area contributed by atoms with Crippen molar-refractivity contribution < 1.29 is 26.1 Å². The van der Waals surface area contributed by atoms with Crippen LogP contribution in [0.3, 0.4) is 0 Å². The lowest BCUT2D eigenvalue weighted by atomic mass is 10.1. The summed E-state index contributed by atoms with van der Waals surface area (Å²) in [6.45, 7) is 1.18. The van der Waals surface area contributed by atoms with Crippen molar-refractivity contribution >= 4 is 27.3 Å². The van der Waals surface area contributed by atoms with Gasteiger partial charge in [0.05, 0.1) is 10.5 Å². The van der Waals surface area contributed by atoms with Gasteiger partial charge in [-0.05, 0) is 40.1 Å². The molecular formula is C21H17F3N6O3S2. The molecule has 0 amide bonds. The maximum Gasteiger partial charge on any atom is 0.471 e. The number of benzene rings is 1. The van der Waals surface area contributed by atoms with E-state index in [2.05, 4.69) is 24.6 Å². The molecule has 0 radical (unpaired) electrons. The normalized spacial score (nSPS) is 15.5. The summed E-state index contributed by atoms with van der Waals surface area (Å²) >= 11 is 1.57. The lowest BCUT2D eigenvalue weighted by Gasteiger charge is -2.33. The molecule has 0 atom stereocenters. The number of hydrogen-bond donors (Lipinski definition) is 0. The maximum absolute atomic E-state index is 13.1. The summed E-state index contributed by atoms with van der Waals surface area (Å²) in [5.74, 6) is -1.40. The summed E-state index contributed by atoms with van der Waals surface area (Å²) in [5.41, 5.74) is 2.16. The summed E-state index contributed by atoms with van der Waals surface area (Å²) in [6, 6.07) is 8.78. The van der Waals surface area contributed by atoms with Gasteiger partial charge in [0.1, 0.15) is 0 Å². The third kappa shape index (κ3) is 4.76. The number of halogens is 3. The first-order valence-electron chi connectivity index (χ1n) is 10.3. The van der Waals surface area contributed by atoms with E-state index in [4.69, 9.17) is 0 Å². The van der Waals surface area contributed by atoms with Crippen LogP contribution in [0.2, 0.25) is 0 Å². The Kier molecular flexibility index (Phi) is 6.02. The van der Waals surface area contributed by atoms with Crippen molar-refractivity contribution in [2.75, 3.05) is 31.1 Å². The fourth-order valence-electron chi connectivity index (χ4n) is 3.58. The largest absolute Gasteiger partial charge is 0.471 e. The van der Waals surface area contributed by atoms with E-state index >= 15 is 0 Å². The van der Waals surface area contributed by atoms with Crippen LogP contribution >= 0.6 is 11.3 Å². The van der Waals surface area contributed by atoms with Crippen molar-refractivity contribution in [1.29, 1.82) is 0 Å². The summed E-state index contributed by atoms with van der Waals surface area (Å²) in [4.78, 5) is 13.7. The zero-order valence-electron chi connectivity index (χ0n) is 17.9. The molecule has 5 rings (SSSR count). The molecule has 35 heavy (non-hydrogen) atoms. The Bertz CT molecular complexity index is 1400. The van der Waals surface area contributed by atoms with E-state index in [0.717, 1.165) is 11.1 Å². The van der Waals surface area contributed by atoms with Gasteiger partial charge in [-0.15, -0.1) is 0 Å². The zero-order chi connectivity index (χ0) is 24.6. The fourth-order valence-corrected chi connectivity index (χ4v) is 5.67. The van der Waals surface area contributed by atoms with Crippen LogP contribution in [0.5, 0.6) is 0 Å². The highest BCUT2D eigenvalue weighted by Gasteiger charge is 2.38. The number of thiophene rings is 1. The van der Waals surface area contributed by atoms with Crippen molar-refractivity contribution in [3.8, 4) is 22.5 Å². The smallest absolute Gasteiger partial charge is 0.338 e. The van der Waals surface area contributed by atoms with Crippen molar-refractivity contribution in [3.63, 3.8) is 0 Å². The minimum atomic E-state index is -4.74. The molecule has 1 saturated heterocycles. The number of rotatable bonds is 5. The molecule has 14 heteroatoms. The summed E-state index contributed by atoms with van der Waals surface area (Å²) in [7, 11) is -3.66. The van der Waals surface area contributed by atoms with Crippen LogP contribution in [-0.2, 0) is 16.2 Å². The Balaban J connectivity index is 1.23. The predicted octanol–water partition coefficient (Wildman–Crippen LogP) is 3.78. The number of anilines is 1. The van der Waals surface area contributed by atoms with Crippen molar-refractivity contribution in [1.82, 2.24) is 24.4 Å². The standard InChI is InChI=1S/C21H17F3N6O3S2/c22-21(23,24)19-27-18(28-33-19)16-11-25-20(26-12-16)29-6-8-30(9-7-29)35(31,32)17-3-1-14(2-4-17)15-5-10-34-13-15/h1-5,10-13H,6-9H2. The van der Waals surface area contributed by atoms with Crippen LogP contribution in [0.25, 0.3) is 22.5 Å². The van der Waals surface area contributed by atoms with Gasteiger partial charge in [-0.3, -0.25) is 0 Å². The molecule has 0 bridgehead atoms. The Hall–Kier alpha value is -3.36. The highest BCUT2D eigenvalue weighted by Crippen LogP contribution is 2.29. The van der Waals surface area contributed by atoms with Crippen LogP contribution in [0.1, 0.15) is 5.89 Å². The Morgan fingerprint density at radius 2 is 1.60 bits per heavy atom. The van der Waals surface area contributed by atoms with E-state index < -0.39 is 22.1 Å². The predicted molar refractivity (Wildman–Crippen MR) is 121 cm³/mol. The molecule has 3 aromatic heterocycles. The monoisotopic (exact) mass is 522 g/mol. The average molecular weight is 523 g/mol. The molecule has 1 fully saturated rings. The van der Waals surface area contributed by atoms with Crippen molar-refractivity contribution in [3.05, 3.63) is 59.4 Å². The lowest BCUT2D eigenvalue weighted by Crippen LogP contribution is -2.49. The molecule has 9 nitrogen and oxygen atoms in total. The quantitative estimate of drug-likeness (QED) is 0.390. The maximum atomic E-state index is 13.1. The average Bonchev–Trinajstić information content (AvgIpc) is 3.57. The van der Waals surface area contributed by atoms with Gasteiger partial charge >= 0.3 is 12.1 Å². The van der Waals surface area contributed by atoms with Gasteiger partial charge in [0.25, 0.3) is 0 Å². The first-order chi connectivity index (χ1) is 16.7. The topological polar surface area (TPSA) is 105 Å². The van der Waals surface area contributed by atoms with E-state index in [9.17, 15) is 21.6 Å². The van der Waals surface area contributed by atoms with Crippen LogP contribution in [0.15, 0.2) is 62.9 Å². The fraction of sp³-hybridized carbons (Fsp3) is 0.238. The second-order valence-corrected chi connectivity index (χ2v) is 10.3. The molecule has 0 saturated carbocycles. The molecule has 0 aliphatic carbocycles. The molecule has 0 unspecified atom stereocenters. The third-order valence-corrected chi connectivity index (χ3v) is 8.03. The molecule has 4 heterocycles. The summed E-state index contributed by atoms with van der Waals surface area (Å²) in [6.07, 6.45) is -2.14. The van der Waals surface area contributed by atoms with Gasteiger partial charge in [0.15, 0.2) is 0 Å². The molecule has 1 aliphatic heterocycles. The van der Waals surface area contributed by atoms with Gasteiger partial charge in [-0.1, -0.05) is 17.3 Å². The number of nitrogens with zero attached hydrogens (tertiary/aromatic N) is 6. The number of alkyl halides is 3. The molecule has 0 spiro atoms. The third-order valence-electron chi connectivity index (χ3n) is 5.43. The van der Waals surface area contributed by atoms with Gasteiger partial charge in [-0.25, -0.2) is 18.4 Å². The van der Waals surface area contributed by atoms with E-state index in [0.29, 0.717) is 19.0 Å². The van der Waals surface area contributed by atoms with Crippen molar-refractivity contribution in [2.45, 2.75) is 11.1 Å². The van der Waals surface area contributed by atoms with Gasteiger partial charge < -0.3 is 9.42 Å². The lowest BCUT2D eigenvalue weighted by molar-refractivity contribution is -0.159. The second kappa shape index (κ2) is 9.02. The Labute approximate surface area is 201 Å². The van der Waals surface area contributed by atoms with Crippen molar-refractivity contribution in [2.24, 2.45) is 0 Å². The second-order valence-electron chi connectivity index (χ2n) is 7.62. The van der Waals surface area contributed by atoms with Crippen LogP contribution in [0.4, 0.5) is 19.1 Å². The van der Waals surface area contributed by atoms with E-state index in [1.54, 1.807) is 40.5 Å². The highest BCUT2D eigenvalue weighted by atomic mass is 32.2. The Morgan fingerprint density at radius 3 is 2.17 bits per heavy atom.